The van der Waals surface area contributed by atoms with Gasteiger partial charge >= 0.3 is 6.03 Å². The Morgan fingerprint density at radius 2 is 1.52 bits per heavy atom. The van der Waals surface area contributed by atoms with Crippen LogP contribution in [0, 0.1) is 6.92 Å². The van der Waals surface area contributed by atoms with Crippen LogP contribution in [-0.4, -0.2) is 18.5 Å². The summed E-state index contributed by atoms with van der Waals surface area (Å²) in [5.41, 5.74) is 2.49. The fourth-order valence-electron chi connectivity index (χ4n) is 2.63. The third-order valence-electron chi connectivity index (χ3n) is 4.03. The van der Waals surface area contributed by atoms with E-state index in [0.717, 1.165) is 11.3 Å². The van der Waals surface area contributed by atoms with Crippen molar-refractivity contribution in [2.24, 2.45) is 0 Å². The predicted octanol–water partition coefficient (Wildman–Crippen LogP) is 4.94. The fourth-order valence-corrected chi connectivity index (χ4v) is 2.63. The zero-order valence-electron chi connectivity index (χ0n) is 16.1. The van der Waals surface area contributed by atoms with E-state index in [1.807, 2.05) is 49.4 Å². The lowest BCUT2D eigenvalue weighted by Crippen LogP contribution is -2.31. The monoisotopic (exact) mass is 389 g/mol. The first-order chi connectivity index (χ1) is 14.1. The molecule has 0 radical (unpaired) electrons. The normalized spacial score (nSPS) is 10.1. The number of hydrogen-bond donors (Lipinski definition) is 3. The van der Waals surface area contributed by atoms with E-state index < -0.39 is 0 Å². The molecule has 0 aliphatic carbocycles. The van der Waals surface area contributed by atoms with E-state index >= 15 is 0 Å². The fraction of sp³-hybridized carbons (Fsp3) is 0.130. The summed E-state index contributed by atoms with van der Waals surface area (Å²) >= 11 is 0. The molecule has 29 heavy (non-hydrogen) atoms. The van der Waals surface area contributed by atoms with Gasteiger partial charge in [0.2, 0.25) is 5.91 Å². The van der Waals surface area contributed by atoms with E-state index in [1.54, 1.807) is 36.4 Å². The third kappa shape index (κ3) is 6.70. The molecule has 0 unspecified atom stereocenters. The van der Waals surface area contributed by atoms with Gasteiger partial charge in [-0.15, -0.1) is 0 Å². The van der Waals surface area contributed by atoms with E-state index in [2.05, 4.69) is 16.0 Å². The first kappa shape index (κ1) is 19.9. The Morgan fingerprint density at radius 1 is 0.793 bits per heavy atom. The molecule has 3 aromatic rings. The summed E-state index contributed by atoms with van der Waals surface area (Å²) in [4.78, 5) is 23.8. The van der Waals surface area contributed by atoms with E-state index in [4.69, 9.17) is 4.74 Å². The van der Waals surface area contributed by atoms with Crippen molar-refractivity contribution < 1.29 is 14.3 Å². The Labute approximate surface area is 169 Å². The molecular weight excluding hydrogens is 366 g/mol. The molecule has 0 saturated carbocycles. The molecule has 148 valence electrons. The molecule has 0 fully saturated rings. The van der Waals surface area contributed by atoms with Crippen molar-refractivity contribution in [2.45, 2.75) is 13.3 Å². The number of para-hydroxylation sites is 1. The first-order valence-corrected chi connectivity index (χ1v) is 9.33. The number of urea groups is 1. The second-order valence-corrected chi connectivity index (χ2v) is 6.49. The summed E-state index contributed by atoms with van der Waals surface area (Å²) < 4.78 is 5.79. The molecule has 6 nitrogen and oxygen atoms in total. The van der Waals surface area contributed by atoms with Gasteiger partial charge in [0.05, 0.1) is 0 Å². The number of anilines is 2. The highest BCUT2D eigenvalue weighted by molar-refractivity contribution is 5.92. The van der Waals surface area contributed by atoms with Gasteiger partial charge in [0, 0.05) is 24.3 Å². The number of carbonyl (C=O) groups is 2. The van der Waals surface area contributed by atoms with Crippen molar-refractivity contribution in [1.82, 2.24) is 5.32 Å². The molecule has 3 rings (SSSR count). The van der Waals surface area contributed by atoms with Crippen LogP contribution in [0.25, 0.3) is 0 Å². The summed E-state index contributed by atoms with van der Waals surface area (Å²) in [5, 5.41) is 8.16. The van der Waals surface area contributed by atoms with Gasteiger partial charge in [0.15, 0.2) is 0 Å². The van der Waals surface area contributed by atoms with Crippen LogP contribution in [-0.2, 0) is 4.79 Å². The Bertz CT molecular complexity index is 957. The topological polar surface area (TPSA) is 79.5 Å². The predicted molar refractivity (Wildman–Crippen MR) is 114 cm³/mol. The minimum atomic E-state index is -0.346. The Balaban J connectivity index is 1.40. The van der Waals surface area contributed by atoms with Crippen LogP contribution in [0.5, 0.6) is 11.5 Å². The zero-order chi connectivity index (χ0) is 20.5. The molecular formula is C23H23N3O3. The molecule has 0 atom stereocenters. The number of hydrogen-bond acceptors (Lipinski definition) is 3. The summed E-state index contributed by atoms with van der Waals surface area (Å²) in [7, 11) is 0. The maximum atomic E-state index is 12.1. The van der Waals surface area contributed by atoms with Crippen LogP contribution in [0.4, 0.5) is 16.2 Å². The third-order valence-corrected chi connectivity index (χ3v) is 4.03. The van der Waals surface area contributed by atoms with Gasteiger partial charge in [0.1, 0.15) is 11.5 Å². The van der Waals surface area contributed by atoms with Gasteiger partial charge in [-0.25, -0.2) is 4.79 Å². The summed E-state index contributed by atoms with van der Waals surface area (Å²) in [6.45, 7) is 2.24. The highest BCUT2D eigenvalue weighted by atomic mass is 16.5. The Kier molecular flexibility index (Phi) is 6.84. The van der Waals surface area contributed by atoms with Crippen LogP contribution in [0.3, 0.4) is 0 Å². The lowest BCUT2D eigenvalue weighted by Gasteiger charge is -2.09. The number of aryl methyl sites for hydroxylation is 1. The molecule has 0 aromatic heterocycles. The number of nitrogens with one attached hydrogen (secondary N) is 3. The van der Waals surface area contributed by atoms with Crippen LogP contribution in [0.2, 0.25) is 0 Å². The zero-order valence-corrected chi connectivity index (χ0v) is 16.1. The van der Waals surface area contributed by atoms with Gasteiger partial charge in [0.25, 0.3) is 0 Å². The van der Waals surface area contributed by atoms with Crippen molar-refractivity contribution in [3.05, 3.63) is 84.4 Å². The molecule has 0 aliphatic heterocycles. The Morgan fingerprint density at radius 3 is 2.24 bits per heavy atom. The number of ether oxygens (including phenoxy) is 1. The quantitative estimate of drug-likeness (QED) is 0.536. The van der Waals surface area contributed by atoms with E-state index in [-0.39, 0.29) is 24.9 Å². The largest absolute Gasteiger partial charge is 0.457 e. The highest BCUT2D eigenvalue weighted by Crippen LogP contribution is 2.23. The van der Waals surface area contributed by atoms with Crippen LogP contribution < -0.4 is 20.7 Å². The van der Waals surface area contributed by atoms with Crippen molar-refractivity contribution >= 4 is 23.3 Å². The van der Waals surface area contributed by atoms with Gasteiger partial charge in [-0.2, -0.15) is 0 Å². The van der Waals surface area contributed by atoms with Crippen LogP contribution in [0.15, 0.2) is 78.9 Å². The number of rotatable bonds is 7. The second kappa shape index (κ2) is 9.94. The van der Waals surface area contributed by atoms with Crippen LogP contribution in [0.1, 0.15) is 12.0 Å². The van der Waals surface area contributed by atoms with Crippen molar-refractivity contribution in [3.8, 4) is 11.5 Å². The van der Waals surface area contributed by atoms with Crippen molar-refractivity contribution in [1.29, 1.82) is 0 Å². The standard InChI is InChI=1S/C23H23N3O3/c1-17-6-5-9-21(16-17)29-20-12-10-19(11-13-20)25-22(27)14-15-24-23(28)26-18-7-3-2-4-8-18/h2-13,16H,14-15H2,1H3,(H,25,27)(H2,24,26,28). The molecule has 3 aromatic carbocycles. The summed E-state index contributed by atoms with van der Waals surface area (Å²) in [6.07, 6.45) is 0.170. The molecule has 3 amide bonds. The number of amides is 3. The van der Waals surface area contributed by atoms with Gasteiger partial charge in [-0.05, 0) is 61.0 Å². The molecule has 0 bridgehead atoms. The second-order valence-electron chi connectivity index (χ2n) is 6.49. The maximum Gasteiger partial charge on any atom is 0.319 e. The Hall–Kier alpha value is -3.80. The van der Waals surface area contributed by atoms with Crippen LogP contribution >= 0.6 is 0 Å². The lowest BCUT2D eigenvalue weighted by molar-refractivity contribution is -0.116. The van der Waals surface area contributed by atoms with Crippen molar-refractivity contribution in [2.75, 3.05) is 17.2 Å². The minimum absolute atomic E-state index is 0.170. The average molecular weight is 389 g/mol. The van der Waals surface area contributed by atoms with Gasteiger partial charge < -0.3 is 20.7 Å². The number of carbonyl (C=O) groups excluding carboxylic acids is 2. The summed E-state index contributed by atoms with van der Waals surface area (Å²) in [5.74, 6) is 1.27. The smallest absolute Gasteiger partial charge is 0.319 e. The minimum Gasteiger partial charge on any atom is -0.457 e. The SMILES string of the molecule is Cc1cccc(Oc2ccc(NC(=O)CCNC(=O)Nc3ccccc3)cc2)c1. The van der Waals surface area contributed by atoms with E-state index in [9.17, 15) is 9.59 Å². The molecule has 0 spiro atoms. The first-order valence-electron chi connectivity index (χ1n) is 9.33. The molecule has 0 heterocycles. The van der Waals surface area contributed by atoms with Crippen molar-refractivity contribution in [3.63, 3.8) is 0 Å². The average Bonchev–Trinajstić information content (AvgIpc) is 2.70. The lowest BCUT2D eigenvalue weighted by atomic mass is 10.2. The van der Waals surface area contributed by atoms with Gasteiger partial charge in [-0.1, -0.05) is 30.3 Å². The number of benzene rings is 3. The molecule has 0 aliphatic rings. The summed E-state index contributed by atoms with van der Waals surface area (Å²) in [6, 6.07) is 23.7. The van der Waals surface area contributed by atoms with E-state index in [0.29, 0.717) is 17.1 Å². The van der Waals surface area contributed by atoms with E-state index in [1.165, 1.54) is 0 Å². The molecule has 3 N–H and O–H groups in total. The van der Waals surface area contributed by atoms with Gasteiger partial charge in [-0.3, -0.25) is 4.79 Å². The molecule has 0 saturated heterocycles. The molecule has 6 heteroatoms. The maximum absolute atomic E-state index is 12.1. The highest BCUT2D eigenvalue weighted by Gasteiger charge is 2.06.